The molecule has 1 rings (SSSR count). The fourth-order valence-electron chi connectivity index (χ4n) is 2.09. The Balaban J connectivity index is 2.82. The van der Waals surface area contributed by atoms with Crippen molar-refractivity contribution in [3.8, 4) is 0 Å². The SMILES string of the molecule is CCC(CC)c1ccc(CCCN)cc1F. The van der Waals surface area contributed by atoms with E-state index in [0.29, 0.717) is 12.5 Å². The third kappa shape index (κ3) is 3.31. The average Bonchev–Trinajstić information content (AvgIpc) is 2.30. The number of rotatable bonds is 6. The lowest BCUT2D eigenvalue weighted by Crippen LogP contribution is -2.03. The van der Waals surface area contributed by atoms with Gasteiger partial charge in [-0.2, -0.15) is 0 Å². The molecule has 0 saturated carbocycles. The maximum Gasteiger partial charge on any atom is 0.126 e. The van der Waals surface area contributed by atoms with E-state index in [1.165, 1.54) is 0 Å². The predicted molar refractivity (Wildman–Crippen MR) is 67.1 cm³/mol. The number of nitrogens with two attached hydrogens (primary N) is 1. The monoisotopic (exact) mass is 223 g/mol. The van der Waals surface area contributed by atoms with Crippen molar-refractivity contribution in [3.63, 3.8) is 0 Å². The fraction of sp³-hybridized carbons (Fsp3) is 0.571. The first-order valence-corrected chi connectivity index (χ1v) is 6.21. The zero-order valence-electron chi connectivity index (χ0n) is 10.3. The Kier molecular flexibility index (Phi) is 5.47. The van der Waals surface area contributed by atoms with Crippen molar-refractivity contribution in [2.75, 3.05) is 6.54 Å². The minimum Gasteiger partial charge on any atom is -0.330 e. The molecule has 0 aromatic heterocycles. The predicted octanol–water partition coefficient (Wildman–Crippen LogP) is 3.62. The summed E-state index contributed by atoms with van der Waals surface area (Å²) in [5.74, 6) is 0.298. The van der Waals surface area contributed by atoms with E-state index in [1.54, 1.807) is 6.07 Å². The summed E-state index contributed by atoms with van der Waals surface area (Å²) in [4.78, 5) is 0. The lowest BCUT2D eigenvalue weighted by atomic mass is 9.92. The Hall–Kier alpha value is -0.890. The van der Waals surface area contributed by atoms with E-state index in [2.05, 4.69) is 13.8 Å². The molecular weight excluding hydrogens is 201 g/mol. The molecule has 0 bridgehead atoms. The molecule has 0 spiro atoms. The van der Waals surface area contributed by atoms with Crippen LogP contribution in [0.1, 0.15) is 50.2 Å². The second kappa shape index (κ2) is 6.64. The van der Waals surface area contributed by atoms with Gasteiger partial charge < -0.3 is 5.73 Å². The smallest absolute Gasteiger partial charge is 0.126 e. The summed E-state index contributed by atoms with van der Waals surface area (Å²) < 4.78 is 13.9. The highest BCUT2D eigenvalue weighted by molar-refractivity contribution is 5.27. The average molecular weight is 223 g/mol. The molecule has 2 N–H and O–H groups in total. The maximum absolute atomic E-state index is 13.9. The van der Waals surface area contributed by atoms with Gasteiger partial charge in [0, 0.05) is 0 Å². The summed E-state index contributed by atoms with van der Waals surface area (Å²) in [6, 6.07) is 5.65. The summed E-state index contributed by atoms with van der Waals surface area (Å²) >= 11 is 0. The summed E-state index contributed by atoms with van der Waals surface area (Å²) in [6.07, 6.45) is 3.78. The number of hydrogen-bond donors (Lipinski definition) is 1. The summed E-state index contributed by atoms with van der Waals surface area (Å²) in [7, 11) is 0. The minimum atomic E-state index is -0.0526. The highest BCUT2D eigenvalue weighted by Crippen LogP contribution is 2.26. The number of aryl methyl sites for hydroxylation is 1. The van der Waals surface area contributed by atoms with Crippen LogP contribution in [0, 0.1) is 5.82 Å². The van der Waals surface area contributed by atoms with Gasteiger partial charge in [0.1, 0.15) is 5.82 Å². The van der Waals surface area contributed by atoms with Crippen molar-refractivity contribution in [2.24, 2.45) is 5.73 Å². The van der Waals surface area contributed by atoms with Crippen LogP contribution in [0.2, 0.25) is 0 Å². The highest BCUT2D eigenvalue weighted by atomic mass is 19.1. The molecule has 0 radical (unpaired) electrons. The van der Waals surface area contributed by atoms with E-state index in [4.69, 9.17) is 5.73 Å². The van der Waals surface area contributed by atoms with E-state index in [1.807, 2.05) is 12.1 Å². The molecule has 0 aliphatic carbocycles. The Morgan fingerprint density at radius 1 is 1.25 bits per heavy atom. The molecular formula is C14H22FN. The van der Waals surface area contributed by atoms with Gasteiger partial charge in [0.15, 0.2) is 0 Å². The molecule has 0 amide bonds. The molecule has 1 aromatic carbocycles. The zero-order valence-corrected chi connectivity index (χ0v) is 10.3. The van der Waals surface area contributed by atoms with E-state index < -0.39 is 0 Å². The molecule has 0 heterocycles. The van der Waals surface area contributed by atoms with Crippen molar-refractivity contribution < 1.29 is 4.39 Å². The minimum absolute atomic E-state index is 0.0526. The summed E-state index contributed by atoms with van der Waals surface area (Å²) in [5, 5.41) is 0. The van der Waals surface area contributed by atoms with Gasteiger partial charge in [0.25, 0.3) is 0 Å². The van der Waals surface area contributed by atoms with Crippen molar-refractivity contribution in [1.29, 1.82) is 0 Å². The Morgan fingerprint density at radius 3 is 2.44 bits per heavy atom. The number of benzene rings is 1. The largest absolute Gasteiger partial charge is 0.330 e. The van der Waals surface area contributed by atoms with E-state index >= 15 is 0 Å². The molecule has 1 nitrogen and oxygen atoms in total. The molecule has 0 aliphatic heterocycles. The highest BCUT2D eigenvalue weighted by Gasteiger charge is 2.12. The van der Waals surface area contributed by atoms with Gasteiger partial charge in [0.2, 0.25) is 0 Å². The quantitative estimate of drug-likeness (QED) is 0.783. The van der Waals surface area contributed by atoms with Crippen molar-refractivity contribution in [3.05, 3.63) is 35.1 Å². The summed E-state index contributed by atoms with van der Waals surface area (Å²) in [6.45, 7) is 4.88. The molecule has 0 fully saturated rings. The second-order valence-corrected chi connectivity index (χ2v) is 4.26. The normalized spacial score (nSPS) is 11.1. The van der Waals surface area contributed by atoms with Crippen LogP contribution in [0.15, 0.2) is 18.2 Å². The second-order valence-electron chi connectivity index (χ2n) is 4.26. The van der Waals surface area contributed by atoms with Gasteiger partial charge in [-0.1, -0.05) is 26.0 Å². The van der Waals surface area contributed by atoms with Gasteiger partial charge in [-0.05, 0) is 55.3 Å². The van der Waals surface area contributed by atoms with Crippen molar-refractivity contribution in [2.45, 2.75) is 45.4 Å². The first kappa shape index (κ1) is 13.2. The maximum atomic E-state index is 13.9. The van der Waals surface area contributed by atoms with Crippen molar-refractivity contribution >= 4 is 0 Å². The molecule has 16 heavy (non-hydrogen) atoms. The molecule has 0 saturated heterocycles. The zero-order chi connectivity index (χ0) is 12.0. The first-order valence-electron chi connectivity index (χ1n) is 6.21. The van der Waals surface area contributed by atoms with Gasteiger partial charge >= 0.3 is 0 Å². The Bertz CT molecular complexity index is 319. The molecule has 1 aromatic rings. The van der Waals surface area contributed by atoms with E-state index in [9.17, 15) is 4.39 Å². The first-order chi connectivity index (χ1) is 7.72. The molecule has 90 valence electrons. The molecule has 0 atom stereocenters. The van der Waals surface area contributed by atoms with Crippen LogP contribution in [-0.4, -0.2) is 6.54 Å². The Morgan fingerprint density at radius 2 is 1.94 bits per heavy atom. The van der Waals surface area contributed by atoms with Gasteiger partial charge in [0.05, 0.1) is 0 Å². The molecule has 0 aliphatic rings. The van der Waals surface area contributed by atoms with Crippen LogP contribution >= 0.6 is 0 Å². The van der Waals surface area contributed by atoms with E-state index in [-0.39, 0.29) is 5.82 Å². The van der Waals surface area contributed by atoms with Gasteiger partial charge in [-0.25, -0.2) is 4.39 Å². The van der Waals surface area contributed by atoms with E-state index in [0.717, 1.165) is 36.8 Å². The lowest BCUT2D eigenvalue weighted by molar-refractivity contribution is 0.556. The molecule has 0 unspecified atom stereocenters. The van der Waals surface area contributed by atoms with Gasteiger partial charge in [-0.15, -0.1) is 0 Å². The molecule has 2 heteroatoms. The number of hydrogen-bond acceptors (Lipinski definition) is 1. The third-order valence-corrected chi connectivity index (χ3v) is 3.16. The van der Waals surface area contributed by atoms with Crippen LogP contribution in [0.3, 0.4) is 0 Å². The fourth-order valence-corrected chi connectivity index (χ4v) is 2.09. The lowest BCUT2D eigenvalue weighted by Gasteiger charge is -2.14. The third-order valence-electron chi connectivity index (χ3n) is 3.16. The van der Waals surface area contributed by atoms with Crippen LogP contribution in [0.5, 0.6) is 0 Å². The van der Waals surface area contributed by atoms with Crippen LogP contribution in [0.25, 0.3) is 0 Å². The standard InChI is InChI=1S/C14H22FN/c1-3-12(4-2)13-8-7-11(6-5-9-16)10-14(13)15/h7-8,10,12H,3-6,9,16H2,1-2H3. The van der Waals surface area contributed by atoms with Crippen LogP contribution in [0.4, 0.5) is 4.39 Å². The van der Waals surface area contributed by atoms with Crippen LogP contribution < -0.4 is 5.73 Å². The Labute approximate surface area is 97.9 Å². The topological polar surface area (TPSA) is 26.0 Å². The van der Waals surface area contributed by atoms with Gasteiger partial charge in [-0.3, -0.25) is 0 Å². The number of halogens is 1. The van der Waals surface area contributed by atoms with Crippen molar-refractivity contribution in [1.82, 2.24) is 0 Å². The van der Waals surface area contributed by atoms with Crippen LogP contribution in [-0.2, 0) is 6.42 Å². The summed E-state index contributed by atoms with van der Waals surface area (Å²) in [5.41, 5.74) is 7.36.